The number of fused-ring (bicyclic) bond motifs is 1. The quantitative estimate of drug-likeness (QED) is 0.785. The van der Waals surface area contributed by atoms with E-state index in [-0.39, 0.29) is 16.4 Å². The molecule has 1 saturated carbocycles. The van der Waals surface area contributed by atoms with Crippen molar-refractivity contribution in [3.05, 3.63) is 73.9 Å². The molecule has 0 spiro atoms. The number of benzene rings is 1. The van der Waals surface area contributed by atoms with Crippen LogP contribution in [0, 0.1) is 13.8 Å². The van der Waals surface area contributed by atoms with Crippen LogP contribution in [0.25, 0.3) is 16.6 Å². The molecule has 4 nitrogen and oxygen atoms in total. The standard InChI is InChI=1S/C20H20N2O2/c1-12-13(2)21-16-11-17(14-7-6-8-14)22(15-9-4-3-5-10-15)20(24)18(16)19(12)23/h3-5,9-11,14H,6-8H2,1-2H3,(H,21,23). The zero-order chi connectivity index (χ0) is 16.8. The summed E-state index contributed by atoms with van der Waals surface area (Å²) in [6.07, 6.45) is 3.37. The van der Waals surface area contributed by atoms with Gasteiger partial charge in [0.1, 0.15) is 5.39 Å². The molecule has 1 aliphatic rings. The van der Waals surface area contributed by atoms with Crippen LogP contribution >= 0.6 is 0 Å². The number of pyridine rings is 2. The Balaban J connectivity index is 2.14. The van der Waals surface area contributed by atoms with Crippen LogP contribution < -0.4 is 11.0 Å². The van der Waals surface area contributed by atoms with Gasteiger partial charge in [-0.3, -0.25) is 14.2 Å². The molecule has 0 amide bonds. The maximum atomic E-state index is 13.2. The van der Waals surface area contributed by atoms with E-state index in [9.17, 15) is 9.59 Å². The lowest BCUT2D eigenvalue weighted by Gasteiger charge is -2.29. The fourth-order valence-electron chi connectivity index (χ4n) is 3.45. The largest absolute Gasteiger partial charge is 0.358 e. The molecule has 0 saturated heterocycles. The van der Waals surface area contributed by atoms with Crippen molar-refractivity contribution in [2.75, 3.05) is 0 Å². The molecule has 122 valence electrons. The normalized spacial score (nSPS) is 14.8. The van der Waals surface area contributed by atoms with Crippen molar-refractivity contribution in [2.45, 2.75) is 39.0 Å². The highest BCUT2D eigenvalue weighted by Crippen LogP contribution is 2.37. The van der Waals surface area contributed by atoms with Gasteiger partial charge in [0.05, 0.1) is 5.52 Å². The van der Waals surface area contributed by atoms with Crippen LogP contribution in [0.5, 0.6) is 0 Å². The molecule has 1 aliphatic carbocycles. The molecule has 0 radical (unpaired) electrons. The third-order valence-electron chi connectivity index (χ3n) is 5.23. The van der Waals surface area contributed by atoms with Gasteiger partial charge in [0.2, 0.25) is 0 Å². The fraction of sp³-hybridized carbons (Fsp3) is 0.300. The number of para-hydroxylation sites is 1. The summed E-state index contributed by atoms with van der Waals surface area (Å²) in [6, 6.07) is 11.6. The first-order valence-corrected chi connectivity index (χ1v) is 8.42. The molecule has 4 rings (SSSR count). The SMILES string of the molecule is Cc1[nH]c2cc(C3CCC3)n(-c3ccccc3)c(=O)c2c(=O)c1C. The third-order valence-corrected chi connectivity index (χ3v) is 5.23. The van der Waals surface area contributed by atoms with E-state index >= 15 is 0 Å². The summed E-state index contributed by atoms with van der Waals surface area (Å²) in [5, 5.41) is 0.255. The minimum atomic E-state index is -0.218. The molecule has 0 aliphatic heterocycles. The van der Waals surface area contributed by atoms with Gasteiger partial charge in [-0.1, -0.05) is 24.6 Å². The molecule has 0 atom stereocenters. The van der Waals surface area contributed by atoms with Gasteiger partial charge < -0.3 is 4.98 Å². The highest BCUT2D eigenvalue weighted by atomic mass is 16.1. The predicted octanol–water partition coefficient (Wildman–Crippen LogP) is 3.56. The third kappa shape index (κ3) is 2.13. The Bertz CT molecular complexity index is 1040. The van der Waals surface area contributed by atoms with E-state index in [1.165, 1.54) is 6.42 Å². The summed E-state index contributed by atoms with van der Waals surface area (Å²) in [6.45, 7) is 3.64. The number of hydrogen-bond acceptors (Lipinski definition) is 2. The van der Waals surface area contributed by atoms with Crippen LogP contribution in [0.2, 0.25) is 0 Å². The molecule has 2 heterocycles. The van der Waals surface area contributed by atoms with Gasteiger partial charge in [0.15, 0.2) is 5.43 Å². The van der Waals surface area contributed by atoms with Crippen molar-refractivity contribution in [3.63, 3.8) is 0 Å². The van der Waals surface area contributed by atoms with Crippen LogP contribution in [0.1, 0.15) is 42.1 Å². The zero-order valence-corrected chi connectivity index (χ0v) is 13.9. The maximum absolute atomic E-state index is 13.2. The zero-order valence-electron chi connectivity index (χ0n) is 13.9. The lowest BCUT2D eigenvalue weighted by atomic mass is 9.82. The Labute approximate surface area is 139 Å². The van der Waals surface area contributed by atoms with Crippen molar-refractivity contribution in [1.29, 1.82) is 0 Å². The Kier molecular flexibility index (Phi) is 3.41. The first-order chi connectivity index (χ1) is 11.6. The fourth-order valence-corrected chi connectivity index (χ4v) is 3.45. The summed E-state index contributed by atoms with van der Waals surface area (Å²) < 4.78 is 1.73. The van der Waals surface area contributed by atoms with Crippen LogP contribution in [0.3, 0.4) is 0 Å². The minimum Gasteiger partial charge on any atom is -0.358 e. The van der Waals surface area contributed by atoms with E-state index in [1.807, 2.05) is 43.3 Å². The highest BCUT2D eigenvalue weighted by molar-refractivity contribution is 5.79. The van der Waals surface area contributed by atoms with Gasteiger partial charge >= 0.3 is 0 Å². The number of H-pyrrole nitrogens is 1. The molecule has 1 aromatic carbocycles. The molecular weight excluding hydrogens is 300 g/mol. The molecule has 1 fully saturated rings. The van der Waals surface area contributed by atoms with Crippen LogP contribution in [-0.4, -0.2) is 9.55 Å². The molecule has 24 heavy (non-hydrogen) atoms. The second kappa shape index (κ2) is 5.48. The lowest BCUT2D eigenvalue weighted by molar-refractivity contribution is 0.404. The second-order valence-corrected chi connectivity index (χ2v) is 6.67. The maximum Gasteiger partial charge on any atom is 0.268 e. The van der Waals surface area contributed by atoms with Crippen molar-refractivity contribution < 1.29 is 0 Å². The Morgan fingerprint density at radius 3 is 2.42 bits per heavy atom. The van der Waals surface area contributed by atoms with E-state index in [4.69, 9.17) is 0 Å². The number of nitrogens with one attached hydrogen (secondary N) is 1. The summed E-state index contributed by atoms with van der Waals surface area (Å²) in [5.41, 5.74) is 3.52. The molecular formula is C20H20N2O2. The van der Waals surface area contributed by atoms with Gasteiger partial charge in [0.25, 0.3) is 5.56 Å². The van der Waals surface area contributed by atoms with Gasteiger partial charge in [-0.2, -0.15) is 0 Å². The number of hydrogen-bond donors (Lipinski definition) is 1. The van der Waals surface area contributed by atoms with Crippen molar-refractivity contribution in [2.24, 2.45) is 0 Å². The Morgan fingerprint density at radius 2 is 1.79 bits per heavy atom. The molecule has 4 heteroatoms. The summed E-state index contributed by atoms with van der Waals surface area (Å²) in [4.78, 5) is 29.2. The first kappa shape index (κ1) is 14.9. The summed E-state index contributed by atoms with van der Waals surface area (Å²) >= 11 is 0. The molecule has 2 aromatic heterocycles. The average molecular weight is 320 g/mol. The monoisotopic (exact) mass is 320 g/mol. The lowest BCUT2D eigenvalue weighted by Crippen LogP contribution is -2.30. The van der Waals surface area contributed by atoms with E-state index in [2.05, 4.69) is 4.98 Å². The van der Waals surface area contributed by atoms with Crippen LogP contribution in [-0.2, 0) is 0 Å². The van der Waals surface area contributed by atoms with Gasteiger partial charge in [-0.05, 0) is 50.8 Å². The van der Waals surface area contributed by atoms with E-state index in [0.29, 0.717) is 17.0 Å². The van der Waals surface area contributed by atoms with Crippen LogP contribution in [0.15, 0.2) is 46.0 Å². The topological polar surface area (TPSA) is 54.9 Å². The van der Waals surface area contributed by atoms with Crippen molar-refractivity contribution in [3.8, 4) is 5.69 Å². The number of nitrogens with zero attached hydrogens (tertiary/aromatic N) is 1. The highest BCUT2D eigenvalue weighted by Gasteiger charge is 2.25. The minimum absolute atomic E-state index is 0.170. The molecule has 0 bridgehead atoms. The Morgan fingerprint density at radius 1 is 1.08 bits per heavy atom. The van der Waals surface area contributed by atoms with Gasteiger partial charge in [-0.25, -0.2) is 0 Å². The van der Waals surface area contributed by atoms with E-state index < -0.39 is 0 Å². The summed E-state index contributed by atoms with van der Waals surface area (Å²) in [5.74, 6) is 0.382. The molecule has 1 N–H and O–H groups in total. The first-order valence-electron chi connectivity index (χ1n) is 8.42. The van der Waals surface area contributed by atoms with E-state index in [1.54, 1.807) is 11.5 Å². The number of rotatable bonds is 2. The Hall–Kier alpha value is -2.62. The van der Waals surface area contributed by atoms with Gasteiger partial charge in [0, 0.05) is 22.6 Å². The van der Waals surface area contributed by atoms with Gasteiger partial charge in [-0.15, -0.1) is 0 Å². The van der Waals surface area contributed by atoms with Crippen LogP contribution in [0.4, 0.5) is 0 Å². The van der Waals surface area contributed by atoms with E-state index in [0.717, 1.165) is 29.9 Å². The average Bonchev–Trinajstić information content (AvgIpc) is 2.52. The number of aromatic nitrogens is 2. The number of aryl methyl sites for hydroxylation is 1. The van der Waals surface area contributed by atoms with Crippen molar-refractivity contribution in [1.82, 2.24) is 9.55 Å². The van der Waals surface area contributed by atoms with Crippen molar-refractivity contribution >= 4 is 10.9 Å². The molecule has 0 unspecified atom stereocenters. The second-order valence-electron chi connectivity index (χ2n) is 6.67. The smallest absolute Gasteiger partial charge is 0.268 e. The molecule has 3 aromatic rings. The predicted molar refractivity (Wildman–Crippen MR) is 96.2 cm³/mol. The summed E-state index contributed by atoms with van der Waals surface area (Å²) in [7, 11) is 0. The number of aromatic amines is 1.